The Morgan fingerprint density at radius 1 is 1.07 bits per heavy atom. The number of amides is 5. The Morgan fingerprint density at radius 3 is 2.43 bits per heavy atom. The largest absolute Gasteiger partial charge is 0.417 e. The summed E-state index contributed by atoms with van der Waals surface area (Å²) in [6.07, 6.45) is -1.36. The number of ether oxygens (including phenoxy) is 1. The van der Waals surface area contributed by atoms with E-state index in [1.54, 1.807) is 37.7 Å². The van der Waals surface area contributed by atoms with E-state index < -0.39 is 34.8 Å². The maximum absolute atomic E-state index is 13.8. The van der Waals surface area contributed by atoms with Gasteiger partial charge in [0.1, 0.15) is 5.54 Å². The van der Waals surface area contributed by atoms with Gasteiger partial charge in [0.2, 0.25) is 11.8 Å². The maximum Gasteiger partial charge on any atom is 0.417 e. The highest BCUT2D eigenvalue weighted by atomic mass is 32.1. The lowest BCUT2D eigenvalue weighted by Gasteiger charge is -2.44. The minimum Gasteiger partial charge on any atom is -0.377 e. The predicted octanol–water partition coefficient (Wildman–Crippen LogP) is 5.37. The van der Waals surface area contributed by atoms with Crippen LogP contribution in [0, 0.1) is 11.3 Å². The molecule has 0 spiro atoms. The highest BCUT2D eigenvalue weighted by molar-refractivity contribution is 7.80. The first-order valence-electron chi connectivity index (χ1n) is 20.6. The summed E-state index contributed by atoms with van der Waals surface area (Å²) in [6.45, 7) is 11.6. The van der Waals surface area contributed by atoms with Crippen LogP contribution in [0.1, 0.15) is 77.3 Å². The number of urea groups is 1. The number of benzene rings is 2. The van der Waals surface area contributed by atoms with E-state index in [2.05, 4.69) is 39.4 Å². The molecule has 2 N–H and O–H groups in total. The average Bonchev–Trinajstić information content (AvgIpc) is 3.62. The van der Waals surface area contributed by atoms with Gasteiger partial charge in [0.15, 0.2) is 10.9 Å². The summed E-state index contributed by atoms with van der Waals surface area (Å²) < 4.78 is 49.3. The molecule has 19 heteroatoms. The molecule has 0 radical (unpaired) electrons. The zero-order chi connectivity index (χ0) is 44.0. The number of anilines is 3. The summed E-state index contributed by atoms with van der Waals surface area (Å²) in [5.74, 6) is -0.448. The number of imide groups is 1. The second kappa shape index (κ2) is 17.3. The summed E-state index contributed by atoms with van der Waals surface area (Å²) in [5, 5.41) is 20.0. The van der Waals surface area contributed by atoms with E-state index in [1.807, 2.05) is 17.0 Å². The standard InChI is InChI=1S/C42H51F3N10O5S/c1-25-23-51(24-26(2)52(25)17-15-34(56)47-33-8-6-7-31-36(33)50(5)49-37(31)53-18-16-35(57)48-39(53)59)19-20-60-30-13-11-28(12-14-30)55-40(61)54(38(58)41(55,3)4)29-10-9-27(22-46)32(21-29)42(43,44)45/h6-10,21,25-26,28,30H,11-20,23-24H2,1-5H3,(H,47,56)(H,48,57,59)/t25-,26+,28?,30?. The SMILES string of the molecule is C[C@@H]1CN(CCOC2CCC(N3C(=S)N(c4ccc(C#N)c(C(F)(F)F)c4)C(=O)C3(C)C)CC2)C[C@H](C)N1CCC(=O)Nc1cccc2c(N3CCC(=O)NC3=O)nn(C)c12. The van der Waals surface area contributed by atoms with Gasteiger partial charge in [0.25, 0.3) is 5.91 Å². The van der Waals surface area contributed by atoms with E-state index in [9.17, 15) is 37.6 Å². The number of rotatable bonds is 11. The molecule has 0 bridgehead atoms. The van der Waals surface area contributed by atoms with E-state index >= 15 is 0 Å². The number of nitrogens with one attached hydrogen (secondary N) is 2. The van der Waals surface area contributed by atoms with Crippen molar-refractivity contribution < 1.29 is 37.1 Å². The lowest BCUT2D eigenvalue weighted by Crippen LogP contribution is -2.57. The van der Waals surface area contributed by atoms with Crippen molar-refractivity contribution in [2.75, 3.05) is 54.4 Å². The number of alkyl halides is 3. The van der Waals surface area contributed by atoms with Crippen molar-refractivity contribution in [1.82, 2.24) is 29.8 Å². The first kappa shape index (κ1) is 43.9. The number of carbonyl (C=O) groups excluding carboxylic acids is 4. The molecule has 4 fully saturated rings. The number of para-hydroxylation sites is 1. The van der Waals surface area contributed by atoms with Crippen LogP contribution in [-0.2, 0) is 32.3 Å². The maximum atomic E-state index is 13.8. The molecular weight excluding hydrogens is 814 g/mol. The quantitative estimate of drug-likeness (QED) is 0.239. The number of thiocarbonyl (C=S) groups is 1. The third kappa shape index (κ3) is 8.81. The summed E-state index contributed by atoms with van der Waals surface area (Å²) in [5.41, 5.74) is -1.44. The molecule has 15 nitrogen and oxygen atoms in total. The number of halogens is 3. The fraction of sp³-hybridized carbons (Fsp3) is 0.548. The van der Waals surface area contributed by atoms with Crippen molar-refractivity contribution in [2.24, 2.45) is 7.05 Å². The molecule has 3 saturated heterocycles. The van der Waals surface area contributed by atoms with Crippen LogP contribution < -0.4 is 20.4 Å². The molecule has 1 aromatic heterocycles. The molecule has 2 aromatic carbocycles. The Labute approximate surface area is 357 Å². The van der Waals surface area contributed by atoms with E-state index in [0.717, 1.165) is 49.5 Å². The van der Waals surface area contributed by atoms with E-state index in [4.69, 9.17) is 17.0 Å². The second-order valence-corrected chi connectivity index (χ2v) is 17.3. The molecular formula is C42H51F3N10O5S. The number of aromatic nitrogens is 2. The Morgan fingerprint density at radius 2 is 1.77 bits per heavy atom. The number of hydrogen-bond donors (Lipinski definition) is 2. The van der Waals surface area contributed by atoms with Gasteiger partial charge in [-0.2, -0.15) is 23.5 Å². The van der Waals surface area contributed by atoms with Crippen molar-refractivity contribution in [3.8, 4) is 6.07 Å². The summed E-state index contributed by atoms with van der Waals surface area (Å²) >= 11 is 5.75. The van der Waals surface area contributed by atoms with Crippen LogP contribution in [0.3, 0.4) is 0 Å². The highest BCUT2D eigenvalue weighted by Crippen LogP contribution is 2.41. The molecule has 1 saturated carbocycles. The van der Waals surface area contributed by atoms with E-state index in [1.165, 1.54) is 11.0 Å². The van der Waals surface area contributed by atoms with Gasteiger partial charge in [0.05, 0.1) is 46.8 Å². The summed E-state index contributed by atoms with van der Waals surface area (Å²) in [7, 11) is 1.75. The number of aryl methyl sites for hydroxylation is 1. The molecule has 5 amide bonds. The van der Waals surface area contributed by atoms with Crippen LogP contribution in [0.15, 0.2) is 36.4 Å². The first-order valence-corrected chi connectivity index (χ1v) is 21.1. The van der Waals surface area contributed by atoms with Crippen molar-refractivity contribution in [3.05, 3.63) is 47.5 Å². The van der Waals surface area contributed by atoms with E-state index in [-0.39, 0.29) is 66.2 Å². The smallest absolute Gasteiger partial charge is 0.377 e. The van der Waals surface area contributed by atoms with Crippen LogP contribution in [0.4, 0.5) is 35.2 Å². The van der Waals surface area contributed by atoms with Crippen molar-refractivity contribution in [2.45, 2.75) is 102 Å². The lowest BCUT2D eigenvalue weighted by molar-refractivity contribution is -0.137. The first-order chi connectivity index (χ1) is 28.9. The minimum atomic E-state index is -4.77. The summed E-state index contributed by atoms with van der Waals surface area (Å²) in [6, 6.07) is 10.1. The Balaban J connectivity index is 0.863. The summed E-state index contributed by atoms with van der Waals surface area (Å²) in [4.78, 5) is 60.3. The molecule has 4 aliphatic rings. The number of hydrogen-bond acceptors (Lipinski definition) is 10. The zero-order valence-electron chi connectivity index (χ0n) is 34.9. The third-order valence-electron chi connectivity index (χ3n) is 12.4. The number of nitrogens with zero attached hydrogens (tertiary/aromatic N) is 8. The van der Waals surface area contributed by atoms with Crippen molar-refractivity contribution >= 4 is 69.2 Å². The number of fused-ring (bicyclic) bond motifs is 1. The monoisotopic (exact) mass is 864 g/mol. The molecule has 61 heavy (non-hydrogen) atoms. The topological polar surface area (TPSA) is 159 Å². The van der Waals surface area contributed by atoms with Crippen LogP contribution in [0.25, 0.3) is 10.9 Å². The fourth-order valence-electron chi connectivity index (χ4n) is 9.39. The van der Waals surface area contributed by atoms with Gasteiger partial charge in [-0.1, -0.05) is 6.07 Å². The Bertz CT molecular complexity index is 2260. The molecule has 3 aromatic rings. The molecule has 326 valence electrons. The van der Waals surface area contributed by atoms with Crippen LogP contribution in [0.2, 0.25) is 0 Å². The number of piperazine rings is 1. The van der Waals surface area contributed by atoms with Gasteiger partial charge < -0.3 is 15.0 Å². The molecule has 2 atom stereocenters. The van der Waals surface area contributed by atoms with Gasteiger partial charge in [-0.3, -0.25) is 44.0 Å². The molecule has 7 rings (SSSR count). The van der Waals surface area contributed by atoms with Gasteiger partial charge in [0, 0.05) is 76.1 Å². The van der Waals surface area contributed by atoms with Crippen LogP contribution >= 0.6 is 12.2 Å². The van der Waals surface area contributed by atoms with Gasteiger partial charge in [-0.05, 0) is 95.9 Å². The number of nitriles is 1. The predicted molar refractivity (Wildman–Crippen MR) is 226 cm³/mol. The fourth-order valence-corrected chi connectivity index (χ4v) is 9.96. The zero-order valence-corrected chi connectivity index (χ0v) is 35.7. The third-order valence-corrected chi connectivity index (χ3v) is 12.8. The van der Waals surface area contributed by atoms with Crippen molar-refractivity contribution in [1.29, 1.82) is 5.26 Å². The second-order valence-electron chi connectivity index (χ2n) is 16.9. The Kier molecular flexibility index (Phi) is 12.5. The van der Waals surface area contributed by atoms with E-state index in [0.29, 0.717) is 48.4 Å². The Hall–Kier alpha value is -5.16. The molecule has 1 aliphatic carbocycles. The van der Waals surface area contributed by atoms with Crippen LogP contribution in [0.5, 0.6) is 0 Å². The van der Waals surface area contributed by atoms with Crippen molar-refractivity contribution in [3.63, 3.8) is 0 Å². The minimum absolute atomic E-state index is 0.0120. The molecule has 4 heterocycles. The lowest BCUT2D eigenvalue weighted by atomic mass is 9.89. The van der Waals surface area contributed by atoms with Gasteiger partial charge in [-0.15, -0.1) is 0 Å². The normalized spacial score (nSPS) is 24.1. The molecule has 0 unspecified atom stereocenters. The van der Waals surface area contributed by atoms with Gasteiger partial charge >= 0.3 is 12.2 Å². The van der Waals surface area contributed by atoms with Gasteiger partial charge in [-0.25, -0.2) is 4.79 Å². The highest BCUT2D eigenvalue weighted by Gasteiger charge is 2.52. The van der Waals surface area contributed by atoms with Crippen LogP contribution in [-0.4, -0.2) is 122 Å². The average molecular weight is 865 g/mol. The molecule has 3 aliphatic heterocycles. The number of carbonyl (C=O) groups is 4.